The zero-order valence-corrected chi connectivity index (χ0v) is 8.06. The molecule has 2 rings (SSSR count). The number of hydrogen-bond donors (Lipinski definition) is 1. The van der Waals surface area contributed by atoms with E-state index in [-0.39, 0.29) is 5.69 Å². The Morgan fingerprint density at radius 1 is 1.64 bits per heavy atom. The first-order chi connectivity index (χ1) is 6.68. The second-order valence-corrected chi connectivity index (χ2v) is 3.89. The molecular weight excluding hydrogens is 182 g/mol. The number of carboxylic acids is 1. The van der Waals surface area contributed by atoms with Gasteiger partial charge in [0, 0.05) is 5.92 Å². The zero-order chi connectivity index (χ0) is 10.1. The monoisotopic (exact) mass is 195 g/mol. The third kappa shape index (κ3) is 1.52. The lowest BCUT2D eigenvalue weighted by molar-refractivity contribution is 0.0690. The molecule has 76 valence electrons. The van der Waals surface area contributed by atoms with Crippen molar-refractivity contribution in [3.05, 3.63) is 17.8 Å². The Morgan fingerprint density at radius 3 is 2.93 bits per heavy atom. The molecule has 1 aliphatic carbocycles. The number of carboxylic acid groups (broad SMARTS) is 1. The Hall–Kier alpha value is -1.32. The van der Waals surface area contributed by atoms with Crippen molar-refractivity contribution < 1.29 is 14.3 Å². The molecule has 1 fully saturated rings. The van der Waals surface area contributed by atoms with Gasteiger partial charge in [-0.1, -0.05) is 13.3 Å². The minimum absolute atomic E-state index is 0.0131. The molecule has 1 N–H and O–H groups in total. The third-order valence-electron chi connectivity index (χ3n) is 2.92. The van der Waals surface area contributed by atoms with Gasteiger partial charge in [0.15, 0.2) is 11.6 Å². The molecule has 0 radical (unpaired) electrons. The highest BCUT2D eigenvalue weighted by molar-refractivity contribution is 5.84. The highest BCUT2D eigenvalue weighted by Gasteiger charge is 2.29. The van der Waals surface area contributed by atoms with Gasteiger partial charge >= 0.3 is 5.97 Å². The summed E-state index contributed by atoms with van der Waals surface area (Å²) in [6.45, 7) is 2.16. The Labute approximate surface area is 81.9 Å². The molecule has 1 heterocycles. The SMILES string of the molecule is CC1CCCC1c1nc(C(=O)O)co1. The standard InChI is InChI=1S/C10H13NO3/c1-6-3-2-4-7(6)9-11-8(5-14-9)10(12)13/h5-7H,2-4H2,1H3,(H,12,13). The van der Waals surface area contributed by atoms with Crippen LogP contribution in [-0.4, -0.2) is 16.1 Å². The van der Waals surface area contributed by atoms with Gasteiger partial charge in [-0.05, 0) is 18.8 Å². The molecule has 2 unspecified atom stereocenters. The van der Waals surface area contributed by atoms with Gasteiger partial charge in [0.25, 0.3) is 0 Å². The first-order valence-corrected chi connectivity index (χ1v) is 4.87. The molecule has 1 saturated carbocycles. The van der Waals surface area contributed by atoms with Crippen LogP contribution in [0.5, 0.6) is 0 Å². The lowest BCUT2D eigenvalue weighted by Crippen LogP contribution is -2.03. The summed E-state index contributed by atoms with van der Waals surface area (Å²) < 4.78 is 5.19. The predicted octanol–water partition coefficient (Wildman–Crippen LogP) is 2.28. The van der Waals surface area contributed by atoms with Crippen molar-refractivity contribution in [3.63, 3.8) is 0 Å². The summed E-state index contributed by atoms with van der Waals surface area (Å²) in [6, 6.07) is 0. The second kappa shape index (κ2) is 3.44. The van der Waals surface area contributed by atoms with E-state index in [1.54, 1.807) is 0 Å². The van der Waals surface area contributed by atoms with Crippen molar-refractivity contribution in [3.8, 4) is 0 Å². The Balaban J connectivity index is 2.20. The number of oxazole rings is 1. The maximum absolute atomic E-state index is 10.6. The Morgan fingerprint density at radius 2 is 2.43 bits per heavy atom. The van der Waals surface area contributed by atoms with E-state index in [1.807, 2.05) is 0 Å². The Kier molecular flexibility index (Phi) is 2.27. The number of hydrogen-bond acceptors (Lipinski definition) is 3. The van der Waals surface area contributed by atoms with Crippen LogP contribution in [0.3, 0.4) is 0 Å². The third-order valence-corrected chi connectivity index (χ3v) is 2.92. The van der Waals surface area contributed by atoms with Gasteiger partial charge in [-0.25, -0.2) is 9.78 Å². The molecule has 0 aliphatic heterocycles. The zero-order valence-electron chi connectivity index (χ0n) is 8.06. The predicted molar refractivity (Wildman–Crippen MR) is 49.2 cm³/mol. The molecule has 0 spiro atoms. The smallest absolute Gasteiger partial charge is 0.357 e. The average Bonchev–Trinajstić information content (AvgIpc) is 2.71. The summed E-state index contributed by atoms with van der Waals surface area (Å²) in [6.07, 6.45) is 4.63. The summed E-state index contributed by atoms with van der Waals surface area (Å²) in [5.74, 6) is 0.427. The number of aromatic carboxylic acids is 1. The molecule has 0 saturated heterocycles. The van der Waals surface area contributed by atoms with E-state index in [2.05, 4.69) is 11.9 Å². The van der Waals surface area contributed by atoms with Gasteiger partial charge in [0.05, 0.1) is 0 Å². The first kappa shape index (κ1) is 9.24. The topological polar surface area (TPSA) is 63.3 Å². The first-order valence-electron chi connectivity index (χ1n) is 4.87. The van der Waals surface area contributed by atoms with Gasteiger partial charge in [-0.2, -0.15) is 0 Å². The van der Waals surface area contributed by atoms with Crippen molar-refractivity contribution in [1.82, 2.24) is 4.98 Å². The van der Waals surface area contributed by atoms with Crippen molar-refractivity contribution in [2.75, 3.05) is 0 Å². The number of carbonyl (C=O) groups is 1. The van der Waals surface area contributed by atoms with E-state index in [1.165, 1.54) is 19.1 Å². The van der Waals surface area contributed by atoms with E-state index >= 15 is 0 Å². The average molecular weight is 195 g/mol. The van der Waals surface area contributed by atoms with Gasteiger partial charge in [-0.3, -0.25) is 0 Å². The summed E-state index contributed by atoms with van der Waals surface area (Å²) >= 11 is 0. The summed E-state index contributed by atoms with van der Waals surface area (Å²) in [5, 5.41) is 8.68. The number of nitrogens with zero attached hydrogens (tertiary/aromatic N) is 1. The fourth-order valence-corrected chi connectivity index (χ4v) is 2.07. The van der Waals surface area contributed by atoms with Gasteiger partial charge in [0.2, 0.25) is 0 Å². The van der Waals surface area contributed by atoms with Crippen LogP contribution in [-0.2, 0) is 0 Å². The maximum Gasteiger partial charge on any atom is 0.357 e. The lowest BCUT2D eigenvalue weighted by Gasteiger charge is -2.09. The maximum atomic E-state index is 10.6. The molecule has 0 aromatic carbocycles. The summed E-state index contributed by atoms with van der Waals surface area (Å²) in [7, 11) is 0. The highest BCUT2D eigenvalue weighted by Crippen LogP contribution is 2.38. The molecule has 4 nitrogen and oxygen atoms in total. The number of aromatic nitrogens is 1. The lowest BCUT2D eigenvalue weighted by atomic mass is 9.98. The van der Waals surface area contributed by atoms with E-state index < -0.39 is 5.97 Å². The Bertz CT molecular complexity index is 345. The number of rotatable bonds is 2. The van der Waals surface area contributed by atoms with E-state index in [0.717, 1.165) is 6.42 Å². The van der Waals surface area contributed by atoms with E-state index in [0.29, 0.717) is 17.7 Å². The quantitative estimate of drug-likeness (QED) is 0.786. The fraction of sp³-hybridized carbons (Fsp3) is 0.600. The minimum Gasteiger partial charge on any atom is -0.476 e. The van der Waals surface area contributed by atoms with Crippen LogP contribution in [0.4, 0.5) is 0 Å². The minimum atomic E-state index is -1.02. The van der Waals surface area contributed by atoms with Crippen LogP contribution >= 0.6 is 0 Å². The van der Waals surface area contributed by atoms with Crippen LogP contribution in [0.2, 0.25) is 0 Å². The molecule has 2 atom stereocenters. The van der Waals surface area contributed by atoms with Crippen molar-refractivity contribution >= 4 is 5.97 Å². The van der Waals surface area contributed by atoms with Crippen molar-refractivity contribution in [2.45, 2.75) is 32.1 Å². The van der Waals surface area contributed by atoms with Crippen molar-refractivity contribution in [1.29, 1.82) is 0 Å². The van der Waals surface area contributed by atoms with E-state index in [4.69, 9.17) is 9.52 Å². The largest absolute Gasteiger partial charge is 0.476 e. The van der Waals surface area contributed by atoms with Crippen LogP contribution in [0, 0.1) is 5.92 Å². The molecule has 4 heteroatoms. The second-order valence-electron chi connectivity index (χ2n) is 3.89. The van der Waals surface area contributed by atoms with Crippen LogP contribution in [0.1, 0.15) is 48.5 Å². The van der Waals surface area contributed by atoms with Gasteiger partial charge < -0.3 is 9.52 Å². The van der Waals surface area contributed by atoms with Crippen LogP contribution in [0.25, 0.3) is 0 Å². The van der Waals surface area contributed by atoms with Gasteiger partial charge in [0.1, 0.15) is 6.26 Å². The van der Waals surface area contributed by atoms with Crippen molar-refractivity contribution in [2.24, 2.45) is 5.92 Å². The van der Waals surface area contributed by atoms with Gasteiger partial charge in [-0.15, -0.1) is 0 Å². The molecule has 1 aromatic rings. The molecule has 0 bridgehead atoms. The molecule has 1 aliphatic rings. The molecule has 0 amide bonds. The fourth-order valence-electron chi connectivity index (χ4n) is 2.07. The summed E-state index contributed by atoms with van der Waals surface area (Å²) in [5.41, 5.74) is 0.0131. The normalized spacial score (nSPS) is 26.6. The highest BCUT2D eigenvalue weighted by atomic mass is 16.4. The van der Waals surface area contributed by atoms with Crippen LogP contribution < -0.4 is 0 Å². The molecule has 1 aromatic heterocycles. The van der Waals surface area contributed by atoms with Crippen LogP contribution in [0.15, 0.2) is 10.7 Å². The molecule has 14 heavy (non-hydrogen) atoms. The summed E-state index contributed by atoms with van der Waals surface area (Å²) in [4.78, 5) is 14.6. The van der Waals surface area contributed by atoms with E-state index in [9.17, 15) is 4.79 Å². The molecular formula is C10H13NO3.